The number of rotatable bonds is 6. The molecule has 1 aliphatic carbocycles. The first-order chi connectivity index (χ1) is 18.1. The molecular weight excluding hydrogens is 484 g/mol. The number of benzene rings is 3. The molecule has 6 rings (SSSR count). The van der Waals surface area contributed by atoms with E-state index in [-0.39, 0.29) is 24.9 Å². The molecule has 184 valence electrons. The van der Waals surface area contributed by atoms with Crippen LogP contribution in [0.5, 0.6) is 0 Å². The van der Waals surface area contributed by atoms with Gasteiger partial charge < -0.3 is 9.47 Å². The fourth-order valence-corrected chi connectivity index (χ4v) is 5.88. The van der Waals surface area contributed by atoms with Gasteiger partial charge in [-0.2, -0.15) is 0 Å². The van der Waals surface area contributed by atoms with Crippen LogP contribution in [-0.4, -0.2) is 34.8 Å². The molecule has 0 aliphatic heterocycles. The van der Waals surface area contributed by atoms with E-state index in [4.69, 9.17) is 9.47 Å². The van der Waals surface area contributed by atoms with Gasteiger partial charge >= 0.3 is 12.1 Å². The first-order valence-electron chi connectivity index (χ1n) is 12.2. The monoisotopic (exact) mass is 508 g/mol. The molecule has 0 saturated carbocycles. The summed E-state index contributed by atoms with van der Waals surface area (Å²) in [5, 5.41) is 3.49. The van der Waals surface area contributed by atoms with E-state index in [1.807, 2.05) is 53.9 Å². The Morgan fingerprint density at radius 1 is 0.892 bits per heavy atom. The molecule has 0 saturated heterocycles. The number of hydrogen-bond acceptors (Lipinski definition) is 6. The van der Waals surface area contributed by atoms with E-state index >= 15 is 0 Å². The molecular formula is C30H24N2O4S. The number of fused-ring (bicyclic) bond motifs is 4. The highest BCUT2D eigenvalue weighted by Gasteiger charge is 2.29. The Bertz CT molecular complexity index is 1590. The molecule has 7 heteroatoms. The van der Waals surface area contributed by atoms with Crippen molar-refractivity contribution in [1.82, 2.24) is 9.55 Å². The summed E-state index contributed by atoms with van der Waals surface area (Å²) in [6.45, 7) is 2.36. The van der Waals surface area contributed by atoms with Crippen molar-refractivity contribution in [2.75, 3.05) is 13.2 Å². The van der Waals surface area contributed by atoms with Crippen molar-refractivity contribution in [3.05, 3.63) is 101 Å². The maximum Gasteiger partial charge on any atom is 0.418 e. The van der Waals surface area contributed by atoms with Crippen molar-refractivity contribution in [2.24, 2.45) is 0 Å². The van der Waals surface area contributed by atoms with Crippen LogP contribution in [0.4, 0.5) is 4.79 Å². The van der Waals surface area contributed by atoms with Gasteiger partial charge in [-0.3, -0.25) is 9.36 Å². The largest absolute Gasteiger partial charge is 0.466 e. The molecule has 37 heavy (non-hydrogen) atoms. The Hall–Kier alpha value is -4.23. The third kappa shape index (κ3) is 4.21. The Morgan fingerprint density at radius 3 is 2.30 bits per heavy atom. The Labute approximate surface area is 218 Å². The van der Waals surface area contributed by atoms with Gasteiger partial charge in [-0.15, -0.1) is 11.3 Å². The number of esters is 1. The molecule has 0 atom stereocenters. The highest BCUT2D eigenvalue weighted by atomic mass is 32.1. The summed E-state index contributed by atoms with van der Waals surface area (Å²) in [5.74, 6) is -0.317. The molecule has 5 aromatic rings. The van der Waals surface area contributed by atoms with E-state index in [0.717, 1.165) is 21.5 Å². The zero-order valence-corrected chi connectivity index (χ0v) is 21.0. The molecule has 1 aliphatic rings. The molecule has 0 spiro atoms. The molecule has 2 aromatic heterocycles. The van der Waals surface area contributed by atoms with Crippen LogP contribution in [0, 0.1) is 0 Å². The number of carbonyl (C=O) groups is 2. The van der Waals surface area contributed by atoms with Crippen LogP contribution in [0.1, 0.15) is 29.7 Å². The predicted octanol–water partition coefficient (Wildman–Crippen LogP) is 6.67. The van der Waals surface area contributed by atoms with Crippen molar-refractivity contribution >= 4 is 34.3 Å². The van der Waals surface area contributed by atoms with E-state index < -0.39 is 6.09 Å². The minimum absolute atomic E-state index is 0.0120. The summed E-state index contributed by atoms with van der Waals surface area (Å²) in [6.07, 6.45) is 1.46. The number of para-hydroxylation sites is 1. The highest BCUT2D eigenvalue weighted by molar-refractivity contribution is 7.13. The van der Waals surface area contributed by atoms with E-state index in [2.05, 4.69) is 29.2 Å². The van der Waals surface area contributed by atoms with Gasteiger partial charge in [-0.25, -0.2) is 9.78 Å². The smallest absolute Gasteiger partial charge is 0.418 e. The van der Waals surface area contributed by atoms with Gasteiger partial charge in [-0.05, 0) is 35.2 Å². The average molecular weight is 509 g/mol. The molecule has 6 nitrogen and oxygen atoms in total. The second-order valence-corrected chi connectivity index (χ2v) is 9.72. The lowest BCUT2D eigenvalue weighted by atomic mass is 9.98. The van der Waals surface area contributed by atoms with Crippen LogP contribution in [-0.2, 0) is 20.7 Å². The second-order valence-electron chi connectivity index (χ2n) is 8.86. The summed E-state index contributed by atoms with van der Waals surface area (Å²) < 4.78 is 12.5. The number of carbonyl (C=O) groups excluding carboxylic acids is 2. The van der Waals surface area contributed by atoms with Gasteiger partial charge in [-0.1, -0.05) is 66.7 Å². The van der Waals surface area contributed by atoms with E-state index in [0.29, 0.717) is 12.3 Å². The minimum Gasteiger partial charge on any atom is -0.466 e. The van der Waals surface area contributed by atoms with Crippen molar-refractivity contribution in [3.63, 3.8) is 0 Å². The first-order valence-corrected chi connectivity index (χ1v) is 13.1. The molecule has 0 fully saturated rings. The average Bonchev–Trinajstić information content (AvgIpc) is 3.62. The maximum absolute atomic E-state index is 13.4. The second kappa shape index (κ2) is 9.67. The summed E-state index contributed by atoms with van der Waals surface area (Å²) in [4.78, 5) is 29.9. The number of thiazole rings is 1. The molecule has 0 bridgehead atoms. The third-order valence-electron chi connectivity index (χ3n) is 6.66. The van der Waals surface area contributed by atoms with Crippen molar-refractivity contribution < 1.29 is 19.1 Å². The summed E-state index contributed by atoms with van der Waals surface area (Å²) in [5.41, 5.74) is 6.95. The van der Waals surface area contributed by atoms with Gasteiger partial charge in [0, 0.05) is 28.4 Å². The van der Waals surface area contributed by atoms with Crippen LogP contribution in [0.2, 0.25) is 0 Å². The van der Waals surface area contributed by atoms with Gasteiger partial charge in [0.05, 0.1) is 24.2 Å². The Morgan fingerprint density at radius 2 is 1.57 bits per heavy atom. The van der Waals surface area contributed by atoms with Crippen LogP contribution < -0.4 is 0 Å². The van der Waals surface area contributed by atoms with Crippen LogP contribution in [0.3, 0.4) is 0 Å². The van der Waals surface area contributed by atoms with Gasteiger partial charge in [0.2, 0.25) is 0 Å². The number of hydrogen-bond donors (Lipinski definition) is 0. The highest BCUT2D eigenvalue weighted by Crippen LogP contribution is 2.44. The lowest BCUT2D eigenvalue weighted by molar-refractivity contribution is -0.142. The topological polar surface area (TPSA) is 70.4 Å². The van der Waals surface area contributed by atoms with Crippen LogP contribution >= 0.6 is 11.3 Å². The van der Waals surface area contributed by atoms with E-state index in [1.165, 1.54) is 33.6 Å². The van der Waals surface area contributed by atoms with Crippen molar-refractivity contribution in [3.8, 4) is 21.7 Å². The first kappa shape index (κ1) is 23.2. The minimum atomic E-state index is -0.437. The zero-order chi connectivity index (χ0) is 25.4. The number of nitrogens with zero attached hydrogens (tertiary/aromatic N) is 2. The maximum atomic E-state index is 13.4. The van der Waals surface area contributed by atoms with Crippen LogP contribution in [0.25, 0.3) is 32.6 Å². The van der Waals surface area contributed by atoms with Gasteiger partial charge in [0.25, 0.3) is 0 Å². The molecule has 0 radical (unpaired) electrons. The quantitative estimate of drug-likeness (QED) is 0.240. The fraction of sp³-hybridized carbons (Fsp3) is 0.167. The Kier molecular flexibility index (Phi) is 6.06. The predicted molar refractivity (Wildman–Crippen MR) is 144 cm³/mol. The molecule has 0 amide bonds. The fourth-order valence-electron chi connectivity index (χ4n) is 5.04. The molecule has 2 heterocycles. The summed E-state index contributed by atoms with van der Waals surface area (Å²) in [6, 6.07) is 24.2. The van der Waals surface area contributed by atoms with Crippen molar-refractivity contribution in [2.45, 2.75) is 19.3 Å². The van der Waals surface area contributed by atoms with E-state index in [1.54, 1.807) is 17.7 Å². The Balaban J connectivity index is 1.27. The van der Waals surface area contributed by atoms with Gasteiger partial charge in [0.15, 0.2) is 0 Å². The zero-order valence-electron chi connectivity index (χ0n) is 20.2. The SMILES string of the molecule is CCOC(=O)Cc1csc(-c2cn(C(=O)OCC3c4ccccc4-c4ccccc43)c3ccccc23)n1. The van der Waals surface area contributed by atoms with E-state index in [9.17, 15) is 9.59 Å². The van der Waals surface area contributed by atoms with Gasteiger partial charge in [0.1, 0.15) is 11.6 Å². The number of ether oxygens (including phenoxy) is 2. The lowest BCUT2D eigenvalue weighted by Gasteiger charge is -2.14. The summed E-state index contributed by atoms with van der Waals surface area (Å²) >= 11 is 1.44. The standard InChI is InChI=1S/C30H24N2O4S/c1-2-35-28(33)15-19-18-37-29(31-19)25-16-32(27-14-8-7-13-24(25)27)30(34)36-17-26-22-11-5-3-9-20(22)21-10-4-6-12-23(21)26/h3-14,16,18,26H,2,15,17H2,1H3. The number of aromatic nitrogens is 2. The summed E-state index contributed by atoms with van der Waals surface area (Å²) in [7, 11) is 0. The lowest BCUT2D eigenvalue weighted by Crippen LogP contribution is -2.17. The van der Waals surface area contributed by atoms with Crippen LogP contribution in [0.15, 0.2) is 84.4 Å². The molecule has 0 N–H and O–H groups in total. The molecule has 3 aromatic carbocycles. The molecule has 0 unspecified atom stereocenters. The van der Waals surface area contributed by atoms with Crippen molar-refractivity contribution in [1.29, 1.82) is 0 Å². The third-order valence-corrected chi connectivity index (χ3v) is 7.58. The normalized spacial score (nSPS) is 12.4.